The van der Waals surface area contributed by atoms with Crippen LogP contribution in [0, 0.1) is 5.82 Å². The van der Waals surface area contributed by atoms with Gasteiger partial charge in [-0.2, -0.15) is 0 Å². The van der Waals surface area contributed by atoms with Crippen LogP contribution in [0.5, 0.6) is 5.75 Å². The lowest BCUT2D eigenvalue weighted by molar-refractivity contribution is 0.419. The Hall–Kier alpha value is -4.13. The molecule has 0 saturated heterocycles. The molecule has 2 heterocycles. The summed E-state index contributed by atoms with van der Waals surface area (Å²) >= 11 is 0. The van der Waals surface area contributed by atoms with Gasteiger partial charge in [0.15, 0.2) is 11.6 Å². The van der Waals surface area contributed by atoms with Gasteiger partial charge in [-0.15, -0.1) is 0 Å². The molecule has 0 aliphatic carbocycles. The van der Waals surface area contributed by atoms with E-state index < -0.39 is 28.3 Å². The molecule has 0 aliphatic rings. The highest BCUT2D eigenvalue weighted by Gasteiger charge is 2.19. The zero-order valence-corrected chi connectivity index (χ0v) is 20.2. The molecule has 0 atom stereocenters. The topological polar surface area (TPSA) is 145 Å². The number of methoxy groups -OCH3 is 1. The molecule has 0 bridgehead atoms. The Morgan fingerprint density at radius 1 is 1.11 bits per heavy atom. The van der Waals surface area contributed by atoms with Crippen molar-refractivity contribution in [2.45, 2.75) is 6.42 Å². The lowest BCUT2D eigenvalue weighted by atomic mass is 10.0. The first-order valence-corrected chi connectivity index (χ1v) is 12.4. The Balaban J connectivity index is 1.79. The number of benzene rings is 2. The summed E-state index contributed by atoms with van der Waals surface area (Å²) in [5.74, 6) is -0.125. The zero-order valence-electron chi connectivity index (χ0n) is 19.4. The van der Waals surface area contributed by atoms with E-state index in [9.17, 15) is 12.8 Å². The first-order valence-electron chi connectivity index (χ1n) is 10.8. The number of ether oxygens (including phenoxy) is 1. The average molecular weight is 516 g/mol. The molecule has 0 aliphatic heterocycles. The van der Waals surface area contributed by atoms with E-state index in [1.165, 1.54) is 25.3 Å². The molecule has 0 saturated carbocycles. The highest BCUT2D eigenvalue weighted by atomic mass is 32.2. The van der Waals surface area contributed by atoms with Crippen LogP contribution in [0.15, 0.2) is 42.7 Å². The van der Waals surface area contributed by atoms with Gasteiger partial charge in [-0.25, -0.2) is 32.7 Å². The van der Waals surface area contributed by atoms with Crippen molar-refractivity contribution in [2.24, 2.45) is 0 Å². The van der Waals surface area contributed by atoms with Crippen LogP contribution >= 0.6 is 0 Å². The normalized spacial score (nSPS) is 11.4. The molecule has 36 heavy (non-hydrogen) atoms. The second kappa shape index (κ2) is 10.2. The summed E-state index contributed by atoms with van der Waals surface area (Å²) in [6, 6.07) is 7.44. The number of fused-ring (bicyclic) bond motifs is 1. The number of hydrogen-bond acceptors (Lipinski definition) is 9. The molecular formula is C23H23F2N7O3S. The summed E-state index contributed by atoms with van der Waals surface area (Å²) < 4.78 is 59.8. The Kier molecular flexibility index (Phi) is 7.10. The van der Waals surface area contributed by atoms with Crippen LogP contribution in [0.4, 0.5) is 26.2 Å². The highest BCUT2D eigenvalue weighted by molar-refractivity contribution is 7.92. The van der Waals surface area contributed by atoms with Crippen molar-refractivity contribution >= 4 is 38.4 Å². The van der Waals surface area contributed by atoms with E-state index in [1.54, 1.807) is 31.6 Å². The van der Waals surface area contributed by atoms with Crippen LogP contribution in [0.25, 0.3) is 33.4 Å². The number of halogens is 2. The molecule has 4 N–H and O–H groups in total. The number of nitrogen functional groups attached to an aromatic ring is 1. The Morgan fingerprint density at radius 3 is 2.53 bits per heavy atom. The number of anilines is 3. The van der Waals surface area contributed by atoms with Gasteiger partial charge in [-0.3, -0.25) is 9.11 Å². The number of alkyl halides is 1. The first-order chi connectivity index (χ1) is 17.3. The lowest BCUT2D eigenvalue weighted by Crippen LogP contribution is -2.18. The summed E-state index contributed by atoms with van der Waals surface area (Å²) in [5, 5.41) is 3.24. The number of nitrogens with one attached hydrogen (secondary N) is 2. The number of aromatic nitrogens is 4. The summed E-state index contributed by atoms with van der Waals surface area (Å²) in [7, 11) is -0.783. The fraction of sp³-hybridized carbons (Fsp3) is 0.217. The van der Waals surface area contributed by atoms with Gasteiger partial charge in [0, 0.05) is 30.4 Å². The second-order valence-corrected chi connectivity index (χ2v) is 9.52. The molecule has 0 amide bonds. The minimum Gasteiger partial charge on any atom is -0.494 e. The van der Waals surface area contributed by atoms with Crippen LogP contribution < -0.4 is 20.5 Å². The van der Waals surface area contributed by atoms with Gasteiger partial charge < -0.3 is 15.8 Å². The van der Waals surface area contributed by atoms with E-state index in [4.69, 9.17) is 10.5 Å². The van der Waals surface area contributed by atoms with Crippen molar-refractivity contribution in [1.82, 2.24) is 19.9 Å². The highest BCUT2D eigenvalue weighted by Crippen LogP contribution is 2.37. The Morgan fingerprint density at radius 2 is 1.86 bits per heavy atom. The van der Waals surface area contributed by atoms with Crippen molar-refractivity contribution < 1.29 is 21.9 Å². The van der Waals surface area contributed by atoms with Crippen LogP contribution in [0.1, 0.15) is 6.42 Å². The van der Waals surface area contributed by atoms with Gasteiger partial charge in [-0.1, -0.05) is 12.1 Å². The number of nitrogens with two attached hydrogens (primary N) is 1. The van der Waals surface area contributed by atoms with Crippen LogP contribution in [-0.4, -0.2) is 54.9 Å². The van der Waals surface area contributed by atoms with Crippen molar-refractivity contribution in [2.75, 3.05) is 42.4 Å². The third-order valence-electron chi connectivity index (χ3n) is 5.27. The van der Waals surface area contributed by atoms with Crippen molar-refractivity contribution in [3.63, 3.8) is 0 Å². The van der Waals surface area contributed by atoms with Crippen molar-refractivity contribution in [3.8, 4) is 28.3 Å². The summed E-state index contributed by atoms with van der Waals surface area (Å²) in [5.41, 5.74) is 7.38. The molecule has 4 aromatic rings. The summed E-state index contributed by atoms with van der Waals surface area (Å²) in [4.78, 5) is 17.2. The summed E-state index contributed by atoms with van der Waals surface area (Å²) in [6.45, 7) is -0.792. The fourth-order valence-corrected chi connectivity index (χ4v) is 4.62. The van der Waals surface area contributed by atoms with Crippen LogP contribution in [0.3, 0.4) is 0 Å². The standard InChI is InChI=1S/C23H23F2N7O3S/c1-27-23-28-11-14(12-29-23)22-30-20-16(21(26)31-22)9-13(10-18(20)35-2)15-5-3-6-17(19(15)25)32-36(33,34)8-4-7-24/h3,5-6,9-12,32H,4,7-8H2,1-2H3,(H2,26,30,31)(H,27,28,29). The molecule has 0 fully saturated rings. The molecule has 0 radical (unpaired) electrons. The first kappa shape index (κ1) is 25.0. The number of hydrogen-bond donors (Lipinski definition) is 3. The van der Waals surface area contributed by atoms with E-state index >= 15 is 4.39 Å². The SMILES string of the molecule is CNc1ncc(-c2nc(N)c3cc(-c4cccc(NS(=O)(=O)CCCF)c4F)cc(OC)c3n2)cn1. The van der Waals surface area contributed by atoms with Gasteiger partial charge in [0.1, 0.15) is 17.1 Å². The average Bonchev–Trinajstić information content (AvgIpc) is 2.88. The Labute approximate surface area is 206 Å². The molecule has 188 valence electrons. The van der Waals surface area contributed by atoms with E-state index in [-0.39, 0.29) is 29.3 Å². The third kappa shape index (κ3) is 5.10. The van der Waals surface area contributed by atoms with Crippen molar-refractivity contribution in [1.29, 1.82) is 0 Å². The monoisotopic (exact) mass is 515 g/mol. The smallest absolute Gasteiger partial charge is 0.232 e. The molecule has 10 nitrogen and oxygen atoms in total. The maximum absolute atomic E-state index is 15.4. The summed E-state index contributed by atoms with van der Waals surface area (Å²) in [6.07, 6.45) is 2.91. The molecular weight excluding hydrogens is 492 g/mol. The second-order valence-electron chi connectivity index (χ2n) is 7.68. The maximum Gasteiger partial charge on any atom is 0.232 e. The Bertz CT molecular complexity index is 1520. The third-order valence-corrected chi connectivity index (χ3v) is 6.63. The molecule has 4 rings (SSSR count). The van der Waals surface area contributed by atoms with E-state index in [0.717, 1.165) is 0 Å². The number of nitrogens with zero attached hydrogens (tertiary/aromatic N) is 4. The van der Waals surface area contributed by atoms with E-state index in [0.29, 0.717) is 33.7 Å². The van der Waals surface area contributed by atoms with E-state index in [1.807, 2.05) is 0 Å². The molecule has 2 aromatic heterocycles. The lowest BCUT2D eigenvalue weighted by Gasteiger charge is -2.14. The van der Waals surface area contributed by atoms with Crippen LogP contribution in [-0.2, 0) is 10.0 Å². The molecule has 2 aromatic carbocycles. The van der Waals surface area contributed by atoms with Gasteiger partial charge >= 0.3 is 0 Å². The van der Waals surface area contributed by atoms with E-state index in [2.05, 4.69) is 30.0 Å². The minimum atomic E-state index is -3.92. The molecule has 0 spiro atoms. The van der Waals surface area contributed by atoms with Crippen LogP contribution in [0.2, 0.25) is 0 Å². The predicted octanol–water partition coefficient (Wildman–Crippen LogP) is 3.63. The van der Waals surface area contributed by atoms with Gasteiger partial charge in [0.05, 0.1) is 30.8 Å². The fourth-order valence-electron chi connectivity index (χ4n) is 3.53. The number of sulfonamides is 1. The maximum atomic E-state index is 15.4. The minimum absolute atomic E-state index is 0.0976. The van der Waals surface area contributed by atoms with Gasteiger partial charge in [0.2, 0.25) is 16.0 Å². The number of rotatable bonds is 9. The largest absolute Gasteiger partial charge is 0.494 e. The zero-order chi connectivity index (χ0) is 25.9. The van der Waals surface area contributed by atoms with Crippen molar-refractivity contribution in [3.05, 3.63) is 48.5 Å². The molecule has 13 heteroatoms. The predicted molar refractivity (Wildman–Crippen MR) is 134 cm³/mol. The van der Waals surface area contributed by atoms with Gasteiger partial charge in [-0.05, 0) is 30.2 Å². The van der Waals surface area contributed by atoms with Gasteiger partial charge in [0.25, 0.3) is 0 Å². The quantitative estimate of drug-likeness (QED) is 0.304. The molecule has 0 unspecified atom stereocenters.